The van der Waals surface area contributed by atoms with Crippen LogP contribution in [0.25, 0.3) is 55.7 Å². The van der Waals surface area contributed by atoms with Gasteiger partial charge in [0.25, 0.3) is 0 Å². The third-order valence-electron chi connectivity index (χ3n) is 18.1. The van der Waals surface area contributed by atoms with Crippen LogP contribution in [-0.2, 0) is 55.6 Å². The van der Waals surface area contributed by atoms with E-state index in [1.54, 1.807) is 11.1 Å². The number of aromatic nitrogens is 3. The van der Waals surface area contributed by atoms with Crippen LogP contribution < -0.4 is 0 Å². The predicted octanol–water partition coefficient (Wildman–Crippen LogP) is 17.2. The summed E-state index contributed by atoms with van der Waals surface area (Å²) in [6.07, 6.45) is 19.5. The van der Waals surface area contributed by atoms with Gasteiger partial charge in [-0.05, 0) is 173 Å². The quantitative estimate of drug-likeness (QED) is 0.114. The second kappa shape index (κ2) is 19.0. The van der Waals surface area contributed by atoms with E-state index in [9.17, 15) is 0 Å². The number of fused-ring (bicyclic) bond motifs is 7. The molecule has 0 spiro atoms. The number of benzene rings is 5. The average Bonchev–Trinajstić information content (AvgIpc) is 3.79. The van der Waals surface area contributed by atoms with Gasteiger partial charge in [-0.2, -0.15) is 0 Å². The summed E-state index contributed by atoms with van der Waals surface area (Å²) >= 11 is 0. The Balaban J connectivity index is 0.00000556. The number of rotatable bonds is 12. The molecule has 5 heteroatoms. The Morgan fingerprint density at radius 3 is 1.20 bits per heavy atom. The first-order chi connectivity index (χ1) is 35.3. The van der Waals surface area contributed by atoms with Gasteiger partial charge in [-0.25, -0.2) is 0 Å². The van der Waals surface area contributed by atoms with E-state index < -0.39 is 0 Å². The molecule has 0 amide bonds. The Bertz CT molecular complexity index is 3380. The summed E-state index contributed by atoms with van der Waals surface area (Å²) in [6.45, 7) is 14.3. The van der Waals surface area contributed by atoms with Crippen LogP contribution in [0.5, 0.6) is 0 Å². The van der Waals surface area contributed by atoms with Crippen molar-refractivity contribution in [3.05, 3.63) is 208 Å². The first kappa shape index (κ1) is 48.9. The summed E-state index contributed by atoms with van der Waals surface area (Å²) in [5.74, 6) is 2.79. The second-order valence-electron chi connectivity index (χ2n) is 24.5. The van der Waals surface area contributed by atoms with E-state index in [1.807, 2.05) is 18.3 Å². The van der Waals surface area contributed by atoms with E-state index in [0.29, 0.717) is 23.7 Å². The van der Waals surface area contributed by atoms with Crippen molar-refractivity contribution in [3.8, 4) is 33.8 Å². The smallest absolute Gasteiger partial charge is 0.455 e. The molecular formula is C69H66IrN3O. The minimum absolute atomic E-state index is 0. The minimum atomic E-state index is -0.155. The molecule has 0 N–H and O–H groups in total. The van der Waals surface area contributed by atoms with E-state index in [0.717, 1.165) is 75.0 Å². The number of pyridine rings is 3. The molecular weight excluding hydrogens is 1080 g/mol. The number of hydrogen-bond donors (Lipinski definition) is 0. The van der Waals surface area contributed by atoms with Crippen molar-refractivity contribution in [1.82, 2.24) is 15.0 Å². The molecule has 0 atom stereocenters. The van der Waals surface area contributed by atoms with Gasteiger partial charge in [0, 0.05) is 23.2 Å². The van der Waals surface area contributed by atoms with E-state index in [4.69, 9.17) is 19.4 Å². The van der Waals surface area contributed by atoms with Crippen molar-refractivity contribution < 1.29 is 24.5 Å². The van der Waals surface area contributed by atoms with Crippen LogP contribution in [0, 0.1) is 18.2 Å². The van der Waals surface area contributed by atoms with Crippen LogP contribution in [0.3, 0.4) is 0 Å². The summed E-state index contributed by atoms with van der Waals surface area (Å²) in [5.41, 5.74) is 21.5. The molecule has 4 heterocycles. The molecule has 5 aromatic carbocycles. The van der Waals surface area contributed by atoms with Crippen molar-refractivity contribution in [1.29, 1.82) is 0 Å². The maximum atomic E-state index is 6.08. The molecule has 74 heavy (non-hydrogen) atoms. The van der Waals surface area contributed by atoms with Gasteiger partial charge in [-0.15, -0.1) is 106 Å². The Kier molecular flexibility index (Phi) is 12.5. The molecule has 2 fully saturated rings. The van der Waals surface area contributed by atoms with Gasteiger partial charge in [0.2, 0.25) is 0 Å². The van der Waals surface area contributed by atoms with Crippen LogP contribution in [0.15, 0.2) is 138 Å². The molecule has 9 aromatic rings. The molecule has 4 bridgehead atoms. The maximum Gasteiger partial charge on any atom is 3.00 e. The summed E-state index contributed by atoms with van der Waals surface area (Å²) in [4.78, 5) is 14.8. The molecule has 372 valence electrons. The second-order valence-corrected chi connectivity index (χ2v) is 24.5. The molecule has 0 aliphatic heterocycles. The van der Waals surface area contributed by atoms with E-state index in [2.05, 4.69) is 175 Å². The fourth-order valence-electron chi connectivity index (χ4n) is 13.9. The number of nitrogens with zero attached hydrogens (tertiary/aromatic N) is 3. The third kappa shape index (κ3) is 9.11. The van der Waals surface area contributed by atoms with Gasteiger partial charge >= 0.3 is 20.1 Å². The normalized spacial score (nSPS) is 19.1. The summed E-state index contributed by atoms with van der Waals surface area (Å²) in [7, 11) is 0. The predicted molar refractivity (Wildman–Crippen MR) is 297 cm³/mol. The Morgan fingerprint density at radius 2 is 0.797 bits per heavy atom. The number of furan rings is 1. The SMILES string of the molecule is CC(C)(Cc1cc(CC(C)(C)c2c[c-]c(-c3cc4c(cn3)C3CCC4CC3)cc2)cc(CC(C)(C)c2c[c-]c(-c3cc4c(cn3)oc3ccccc34)cc2)c1)c1c[c-]c(-c2cc3c(cn2)C2CCC3CC2)cc1.[Ir+3]. The minimum Gasteiger partial charge on any atom is -0.455 e. The van der Waals surface area contributed by atoms with Gasteiger partial charge in [-0.3, -0.25) is 0 Å². The molecule has 4 nitrogen and oxygen atoms in total. The molecule has 2 saturated carbocycles. The zero-order valence-corrected chi connectivity index (χ0v) is 46.3. The number of hydrogen-bond acceptors (Lipinski definition) is 4. The van der Waals surface area contributed by atoms with Gasteiger partial charge in [0.1, 0.15) is 5.58 Å². The van der Waals surface area contributed by atoms with Gasteiger partial charge in [0.05, 0.1) is 6.20 Å². The summed E-state index contributed by atoms with van der Waals surface area (Å²) in [6, 6.07) is 53.8. The zero-order chi connectivity index (χ0) is 49.6. The van der Waals surface area contributed by atoms with Crippen LogP contribution in [0.2, 0.25) is 0 Å². The first-order valence-corrected chi connectivity index (χ1v) is 27.3. The topological polar surface area (TPSA) is 51.8 Å². The van der Waals surface area contributed by atoms with Crippen LogP contribution in [-0.4, -0.2) is 15.0 Å². The zero-order valence-electron chi connectivity index (χ0n) is 43.9. The van der Waals surface area contributed by atoms with E-state index in [-0.39, 0.29) is 36.4 Å². The monoisotopic (exact) mass is 1150 g/mol. The molecule has 6 aliphatic carbocycles. The largest absolute Gasteiger partial charge is 3.00 e. The third-order valence-corrected chi connectivity index (χ3v) is 18.1. The number of para-hydroxylation sites is 1. The van der Waals surface area contributed by atoms with Crippen LogP contribution >= 0.6 is 0 Å². The molecule has 4 aromatic heterocycles. The van der Waals surface area contributed by atoms with E-state index >= 15 is 0 Å². The first-order valence-electron chi connectivity index (χ1n) is 27.3. The van der Waals surface area contributed by atoms with Gasteiger partial charge < -0.3 is 19.4 Å². The summed E-state index contributed by atoms with van der Waals surface area (Å²) < 4.78 is 6.08. The van der Waals surface area contributed by atoms with Gasteiger partial charge in [-0.1, -0.05) is 96.1 Å². The fourth-order valence-corrected chi connectivity index (χ4v) is 13.9. The molecule has 0 unspecified atom stereocenters. The molecule has 6 aliphatic rings. The van der Waals surface area contributed by atoms with E-state index in [1.165, 1.54) is 95.9 Å². The standard InChI is InChI=1S/C69H66N3O.Ir/c1-67(2,53-25-19-50(20-26-53)62-34-57-46-11-15-48(16-12-46)60(57)40-70-62)37-43-31-44(38-68(3,4)54-27-21-51(22-28-54)63-35-58-47-13-17-49(18-14-47)61(58)41-71-63)33-45(32-43)39-69(5,6)55-29-23-52(24-30-55)64-36-59-56-9-7-8-10-65(56)73-66(59)42-72-64;/h7-10,19,21,23,25-36,40-42,46-49H,11-18,37-39H2,1-6H3;/q-3;+3. The van der Waals surface area contributed by atoms with Crippen molar-refractivity contribution in [2.75, 3.05) is 0 Å². The van der Waals surface area contributed by atoms with Crippen molar-refractivity contribution in [2.45, 2.75) is 152 Å². The summed E-state index contributed by atoms with van der Waals surface area (Å²) in [5, 5.41) is 2.18. The maximum absolute atomic E-state index is 6.08. The Morgan fingerprint density at radius 1 is 0.419 bits per heavy atom. The Labute approximate surface area is 452 Å². The molecule has 15 rings (SSSR count). The van der Waals surface area contributed by atoms with Crippen molar-refractivity contribution >= 4 is 21.9 Å². The van der Waals surface area contributed by atoms with Crippen molar-refractivity contribution in [3.63, 3.8) is 0 Å². The molecule has 0 radical (unpaired) electrons. The Hall–Kier alpha value is -6.00. The van der Waals surface area contributed by atoms with Crippen LogP contribution in [0.1, 0.15) is 172 Å². The van der Waals surface area contributed by atoms with Gasteiger partial charge in [0.15, 0.2) is 5.58 Å². The van der Waals surface area contributed by atoms with Crippen molar-refractivity contribution in [2.24, 2.45) is 0 Å². The fraction of sp³-hybridized carbons (Fsp3) is 0.348. The average molecular weight is 1150 g/mol. The van der Waals surface area contributed by atoms with Crippen LogP contribution in [0.4, 0.5) is 0 Å². The molecule has 0 saturated heterocycles.